The van der Waals surface area contributed by atoms with Crippen LogP contribution in [0.1, 0.15) is 12.8 Å². The maximum absolute atomic E-state index is 10.3. The molecule has 0 aromatic rings. The van der Waals surface area contributed by atoms with Gasteiger partial charge in [-0.05, 0) is 0 Å². The number of carbonyl (C=O) groups is 4. The van der Waals surface area contributed by atoms with Crippen molar-refractivity contribution in [2.75, 3.05) is 0 Å². The third-order valence-electron chi connectivity index (χ3n) is 1.28. The van der Waals surface area contributed by atoms with E-state index in [1.807, 2.05) is 0 Å². The first-order chi connectivity index (χ1) is 7.51. The van der Waals surface area contributed by atoms with Gasteiger partial charge in [0.25, 0.3) is 0 Å². The zero-order valence-electron chi connectivity index (χ0n) is 10.2. The molecule has 0 bridgehead atoms. The minimum Gasteiger partial charge on any atom is -0.565 e. The second kappa shape index (κ2) is 13.3. The molecule has 0 saturated carbocycles. The van der Waals surface area contributed by atoms with E-state index in [0.717, 1.165) is 0 Å². The van der Waals surface area contributed by atoms with Gasteiger partial charge >= 0.3 is 92.9 Å². The standard InChI is InChI=1S/C6H8O7.CH2O3.K.Na/c7-3(8)1-6(13,5(11)12)2-4(9)10;2-1(3)4;;/h13H,1-2H2,(H,7,8)(H,9,10)(H,11,12);(H2,2,3,4);;/q;;2*+1/p-2. The van der Waals surface area contributed by atoms with Crippen molar-refractivity contribution in [2.45, 2.75) is 18.4 Å². The van der Waals surface area contributed by atoms with E-state index >= 15 is 0 Å². The largest absolute Gasteiger partial charge is 1.00 e. The van der Waals surface area contributed by atoms with E-state index in [-0.39, 0.29) is 80.9 Å². The van der Waals surface area contributed by atoms with Crippen LogP contribution in [-0.2, 0) is 14.4 Å². The molecule has 0 aromatic heterocycles. The van der Waals surface area contributed by atoms with Crippen molar-refractivity contribution in [3.05, 3.63) is 0 Å². The van der Waals surface area contributed by atoms with E-state index in [1.165, 1.54) is 0 Å². The molecule has 0 rings (SSSR count). The number of carboxylic acid groups (broad SMARTS) is 5. The van der Waals surface area contributed by atoms with E-state index < -0.39 is 42.5 Å². The van der Waals surface area contributed by atoms with Gasteiger partial charge in [-0.1, -0.05) is 0 Å². The second-order valence-electron chi connectivity index (χ2n) is 2.72. The van der Waals surface area contributed by atoms with E-state index in [0.29, 0.717) is 0 Å². The number of carbonyl (C=O) groups excluding carboxylic acids is 1. The Kier molecular flexibility index (Phi) is 19.3. The molecular formula is C7H8KNaO10. The summed E-state index contributed by atoms with van der Waals surface area (Å²) in [5, 5.41) is 50.8. The van der Waals surface area contributed by atoms with Gasteiger partial charge in [0, 0.05) is 12.4 Å². The second-order valence-corrected chi connectivity index (χ2v) is 2.72. The van der Waals surface area contributed by atoms with Crippen molar-refractivity contribution in [2.24, 2.45) is 0 Å². The molecule has 12 heteroatoms. The van der Waals surface area contributed by atoms with Gasteiger partial charge in [-0.2, -0.15) is 0 Å². The first kappa shape index (κ1) is 27.6. The SMILES string of the molecule is O=C([O-])CC(O)(CC(=O)O)C(=O)O.O=C([O-])O.[K+].[Na+]. The molecule has 0 spiro atoms. The van der Waals surface area contributed by atoms with Crippen LogP contribution in [0.2, 0.25) is 0 Å². The number of aliphatic carboxylic acids is 3. The monoisotopic (exact) mass is 314 g/mol. The first-order valence-electron chi connectivity index (χ1n) is 3.78. The number of rotatable bonds is 5. The summed E-state index contributed by atoms with van der Waals surface area (Å²) in [7, 11) is 0. The molecule has 0 aliphatic rings. The Morgan fingerprint density at radius 3 is 1.42 bits per heavy atom. The molecule has 1 atom stereocenters. The third kappa shape index (κ3) is 18.3. The van der Waals surface area contributed by atoms with Crippen LogP contribution in [0, 0.1) is 0 Å². The molecule has 0 aromatic carbocycles. The summed E-state index contributed by atoms with van der Waals surface area (Å²) in [4.78, 5) is 38.8. The van der Waals surface area contributed by atoms with Crippen LogP contribution in [0.15, 0.2) is 0 Å². The van der Waals surface area contributed by atoms with Crippen LogP contribution >= 0.6 is 0 Å². The maximum atomic E-state index is 10.3. The summed E-state index contributed by atoms with van der Waals surface area (Å²) in [5.74, 6) is -5.34. The molecule has 0 aliphatic heterocycles. The van der Waals surface area contributed by atoms with Crippen molar-refractivity contribution in [3.8, 4) is 0 Å². The first-order valence-corrected chi connectivity index (χ1v) is 3.78. The Bertz CT molecular complexity index is 310. The van der Waals surface area contributed by atoms with Crippen LogP contribution < -0.4 is 91.2 Å². The molecule has 98 valence electrons. The fourth-order valence-corrected chi connectivity index (χ4v) is 0.703. The summed E-state index contributed by atoms with van der Waals surface area (Å²) >= 11 is 0. The number of hydrogen-bond donors (Lipinski definition) is 4. The molecule has 0 fully saturated rings. The molecular weight excluding hydrogens is 306 g/mol. The van der Waals surface area contributed by atoms with Crippen LogP contribution in [0.5, 0.6) is 0 Å². The van der Waals surface area contributed by atoms with Gasteiger partial charge in [0.05, 0.1) is 6.42 Å². The van der Waals surface area contributed by atoms with Crippen LogP contribution in [0.25, 0.3) is 0 Å². The summed E-state index contributed by atoms with van der Waals surface area (Å²) in [6, 6.07) is 0. The predicted molar refractivity (Wildman–Crippen MR) is 42.5 cm³/mol. The summed E-state index contributed by atoms with van der Waals surface area (Å²) < 4.78 is 0. The Hall–Kier alpha value is 0.276. The molecule has 1 unspecified atom stereocenters. The minimum absolute atomic E-state index is 0. The van der Waals surface area contributed by atoms with Crippen LogP contribution in [0.3, 0.4) is 0 Å². The Morgan fingerprint density at radius 2 is 1.26 bits per heavy atom. The molecule has 19 heavy (non-hydrogen) atoms. The number of carboxylic acids is 3. The van der Waals surface area contributed by atoms with E-state index in [1.54, 1.807) is 0 Å². The molecule has 4 N–H and O–H groups in total. The van der Waals surface area contributed by atoms with Crippen molar-refractivity contribution in [1.82, 2.24) is 0 Å². The molecule has 0 saturated heterocycles. The van der Waals surface area contributed by atoms with E-state index in [2.05, 4.69) is 0 Å². The van der Waals surface area contributed by atoms with Gasteiger partial charge in [0.15, 0.2) is 5.60 Å². The van der Waals surface area contributed by atoms with Crippen molar-refractivity contribution in [1.29, 1.82) is 0 Å². The third-order valence-corrected chi connectivity index (χ3v) is 1.28. The maximum Gasteiger partial charge on any atom is 1.00 e. The van der Waals surface area contributed by atoms with Crippen LogP contribution in [0.4, 0.5) is 4.79 Å². The molecule has 10 nitrogen and oxygen atoms in total. The summed E-state index contributed by atoms with van der Waals surface area (Å²) in [5.41, 5.74) is -2.80. The fourth-order valence-electron chi connectivity index (χ4n) is 0.703. The Labute approximate surface area is 171 Å². The molecule has 0 heterocycles. The average molecular weight is 314 g/mol. The van der Waals surface area contributed by atoms with Crippen molar-refractivity contribution in [3.63, 3.8) is 0 Å². The number of hydrogen-bond acceptors (Lipinski definition) is 7. The smallest absolute Gasteiger partial charge is 0.565 e. The molecule has 0 radical (unpaired) electrons. The Balaban J connectivity index is -0.000000165. The zero-order chi connectivity index (χ0) is 14.2. The quantitative estimate of drug-likeness (QED) is 0.353. The van der Waals surface area contributed by atoms with E-state index in [4.69, 9.17) is 30.3 Å². The van der Waals surface area contributed by atoms with Crippen molar-refractivity contribution < 1.29 is 131 Å². The molecule has 0 aliphatic carbocycles. The average Bonchev–Trinajstić information content (AvgIpc) is 1.98. The number of aliphatic hydroxyl groups is 1. The van der Waals surface area contributed by atoms with Gasteiger partial charge in [-0.15, -0.1) is 0 Å². The normalized spacial score (nSPS) is 11.2. The fraction of sp³-hybridized carbons (Fsp3) is 0.429. The van der Waals surface area contributed by atoms with Gasteiger partial charge in [0.1, 0.15) is 0 Å². The summed E-state index contributed by atoms with van der Waals surface area (Å²) in [6.45, 7) is 0. The molecule has 0 amide bonds. The van der Waals surface area contributed by atoms with Gasteiger partial charge in [0.2, 0.25) is 6.16 Å². The Morgan fingerprint density at radius 1 is 0.947 bits per heavy atom. The van der Waals surface area contributed by atoms with Gasteiger partial charge in [-0.25, -0.2) is 4.79 Å². The topological polar surface area (TPSA) is 195 Å². The van der Waals surface area contributed by atoms with E-state index in [9.17, 15) is 19.5 Å². The van der Waals surface area contributed by atoms with Crippen molar-refractivity contribution >= 4 is 24.1 Å². The minimum atomic E-state index is -2.80. The van der Waals surface area contributed by atoms with Crippen LogP contribution in [-0.4, -0.2) is 50.1 Å². The zero-order valence-corrected chi connectivity index (χ0v) is 15.3. The van der Waals surface area contributed by atoms with Gasteiger partial charge < -0.3 is 40.2 Å². The van der Waals surface area contributed by atoms with Gasteiger partial charge in [-0.3, -0.25) is 4.79 Å². The summed E-state index contributed by atoms with van der Waals surface area (Å²) in [6.07, 6.45) is -4.52. The predicted octanol–water partition coefficient (Wildman–Crippen LogP) is -9.69.